The van der Waals surface area contributed by atoms with Gasteiger partial charge in [0.2, 0.25) is 11.3 Å². The van der Waals surface area contributed by atoms with Crippen LogP contribution in [0.4, 0.5) is 28.4 Å². The number of carbonyl (C=O) groups is 2. The molecule has 5 aromatic carbocycles. The summed E-state index contributed by atoms with van der Waals surface area (Å²) in [7, 11) is 8.50. The third-order valence-corrected chi connectivity index (χ3v) is 14.8. The second-order valence-electron chi connectivity index (χ2n) is 19.8. The Morgan fingerprint density at radius 2 is 1.04 bits per heavy atom. The van der Waals surface area contributed by atoms with E-state index in [0.717, 1.165) is 50.2 Å². The number of carbonyl (C=O) groups excluding carboxylic acids is 2. The normalized spacial score (nSPS) is 11.8. The zero-order chi connectivity index (χ0) is 58.6. The Balaban J connectivity index is 0.000000360. The maximum Gasteiger partial charge on any atom is 0.228 e. The lowest BCUT2D eigenvalue weighted by Crippen LogP contribution is -3.00. The zero-order valence-corrected chi connectivity index (χ0v) is 52.2. The maximum absolute atomic E-state index is 12.3. The number of amides is 1. The lowest BCUT2D eigenvalue weighted by atomic mass is 9.96. The molecular weight excluding hydrogens is 1120 g/mol. The Labute approximate surface area is 490 Å². The average Bonchev–Trinajstić information content (AvgIpc) is 3.34. The molecule has 430 valence electrons. The minimum absolute atomic E-state index is 0. The van der Waals surface area contributed by atoms with Crippen molar-refractivity contribution >= 4 is 105 Å². The van der Waals surface area contributed by atoms with E-state index in [2.05, 4.69) is 172 Å². The number of aromatic nitrogens is 1. The summed E-state index contributed by atoms with van der Waals surface area (Å²) in [5.41, 5.74) is 13.3. The molecule has 0 saturated heterocycles. The number of hydrogen-bond acceptors (Lipinski definition) is 15. The number of fused-ring (bicyclic) bond motifs is 6. The molecule has 0 fully saturated rings. The fraction of sp³-hybridized carbons (Fsp3) is 0.356. The minimum atomic E-state index is -3.92. The van der Waals surface area contributed by atoms with Gasteiger partial charge in [-0.2, -0.15) is 0 Å². The van der Waals surface area contributed by atoms with Gasteiger partial charge in [0.05, 0.1) is 52.4 Å². The van der Waals surface area contributed by atoms with Crippen molar-refractivity contribution in [1.82, 2.24) is 9.56 Å². The quantitative estimate of drug-likeness (QED) is 0.0906. The van der Waals surface area contributed by atoms with E-state index < -0.39 is 20.2 Å². The molecule has 9 rings (SSSR count). The van der Waals surface area contributed by atoms with Gasteiger partial charge in [0, 0.05) is 112 Å². The number of Topliss-reactive ketones (excluding diaryl/α,β-unsaturated/α-hetero) is 1. The molecule has 0 spiro atoms. The molecule has 20 heteroatoms. The fourth-order valence-electron chi connectivity index (χ4n) is 7.51. The van der Waals surface area contributed by atoms with Crippen molar-refractivity contribution < 1.29 is 49.3 Å². The largest absolute Gasteiger partial charge is 1.00 e. The smallest absolute Gasteiger partial charge is 0.228 e. The number of halogens is 1. The summed E-state index contributed by atoms with van der Waals surface area (Å²) in [6.45, 7) is 12.0. The van der Waals surface area contributed by atoms with E-state index in [0.29, 0.717) is 24.3 Å². The summed E-state index contributed by atoms with van der Waals surface area (Å²) in [6, 6.07) is 39.2. The molecular formula is C59H77ClN6O8S5-2. The van der Waals surface area contributed by atoms with Crippen molar-refractivity contribution in [2.45, 2.75) is 93.7 Å². The lowest BCUT2D eigenvalue weighted by molar-refractivity contribution is -0.116. The Morgan fingerprint density at radius 1 is 0.633 bits per heavy atom. The number of hydrogen-bond donors (Lipinski definition) is 0. The summed E-state index contributed by atoms with van der Waals surface area (Å²) >= 11 is 5.46. The number of ketones is 1. The highest BCUT2D eigenvalue weighted by Gasteiger charge is 2.27. The van der Waals surface area contributed by atoms with Crippen molar-refractivity contribution in [3.05, 3.63) is 137 Å². The molecule has 0 N–H and O–H groups in total. The third kappa shape index (κ3) is 21.8. The number of anilines is 5. The first kappa shape index (κ1) is 67.8. The Morgan fingerprint density at radius 3 is 1.42 bits per heavy atom. The topological polar surface area (TPSA) is 177 Å². The Bertz CT molecular complexity index is 3360. The van der Waals surface area contributed by atoms with Crippen LogP contribution in [0.15, 0.2) is 129 Å². The van der Waals surface area contributed by atoms with Crippen LogP contribution in [-0.4, -0.2) is 112 Å². The predicted molar refractivity (Wildman–Crippen MR) is 328 cm³/mol. The molecule has 0 saturated carbocycles. The summed E-state index contributed by atoms with van der Waals surface area (Å²) in [6.07, 6.45) is 2.29. The summed E-state index contributed by atoms with van der Waals surface area (Å²) < 4.78 is 64.1. The first-order valence-corrected chi connectivity index (χ1v) is 30.5. The van der Waals surface area contributed by atoms with E-state index >= 15 is 0 Å². The van der Waals surface area contributed by atoms with Gasteiger partial charge < -0.3 is 41.0 Å². The second-order valence-corrected chi connectivity index (χ2v) is 25.9. The van der Waals surface area contributed by atoms with Crippen LogP contribution in [0.3, 0.4) is 0 Å². The highest BCUT2D eigenvalue weighted by molar-refractivity contribution is 8.00. The molecule has 3 heterocycles. The zero-order valence-electron chi connectivity index (χ0n) is 48.3. The van der Waals surface area contributed by atoms with Crippen LogP contribution in [-0.2, 0) is 36.2 Å². The molecule has 0 aromatic heterocycles. The van der Waals surface area contributed by atoms with Crippen molar-refractivity contribution in [2.75, 3.05) is 88.5 Å². The molecule has 5 aromatic rings. The van der Waals surface area contributed by atoms with E-state index in [-0.39, 0.29) is 38.4 Å². The Hall–Kier alpha value is -5.51. The predicted octanol–water partition coefficient (Wildman–Crippen LogP) is 9.01. The molecule has 1 amide bonds. The van der Waals surface area contributed by atoms with Gasteiger partial charge in [-0.05, 0) is 127 Å². The van der Waals surface area contributed by atoms with Gasteiger partial charge >= 0.3 is 0 Å². The number of rotatable bonds is 5. The van der Waals surface area contributed by atoms with Crippen LogP contribution in [0.25, 0.3) is 20.8 Å². The molecule has 79 heavy (non-hydrogen) atoms. The number of benzene rings is 6. The fourth-order valence-corrected chi connectivity index (χ4v) is 10.8. The number of nitrogens with zero attached hydrogens (tertiary/aromatic N) is 6. The third-order valence-electron chi connectivity index (χ3n) is 11.4. The Kier molecular flexibility index (Phi) is 26.0. The van der Waals surface area contributed by atoms with Gasteiger partial charge in [-0.1, -0.05) is 82.9 Å². The standard InChI is InChI=1S/C19H22S.C18H21N3OS.C16H18N3S.C3H6O.2CH4O3S.CH4.ClH/c1-12(2)14-5-7-16-9-17-8-6-15(13(3)4)11-19(17)20-18(16)10-14;1-12(22)21-15-8-6-13(19(2)3)10-17(15)23-18-11-14(20(4)5)7-9-16(18)21;1-18(2)11-5-7-13-15(9-11)20-16-10-12(19(3)4)6-8-14(16)17-13;1-3(2)4;2*1-5(2,3)4;;/h5-8,10-13H,9H2,1-4H3;6-11H,1-5H3;5-10H,1-4H3;1-2H3;2*1H3,(H,2,3,4);1H4;1H/q;;+1;;;;;/p-3/i;;;1T;;;;. The van der Waals surface area contributed by atoms with E-state index in [4.69, 9.17) is 32.3 Å². The molecule has 0 atom stereocenters. The summed E-state index contributed by atoms with van der Waals surface area (Å²) in [4.78, 5) is 41.0. The maximum atomic E-state index is 12.3. The van der Waals surface area contributed by atoms with Gasteiger partial charge in [0.15, 0.2) is 0 Å². The summed E-state index contributed by atoms with van der Waals surface area (Å²) in [5, 5.41) is 1.21. The van der Waals surface area contributed by atoms with Crippen molar-refractivity contribution in [3.63, 3.8) is 0 Å². The first-order chi connectivity index (χ1) is 36.2. The minimum Gasteiger partial charge on any atom is -1.00 e. The van der Waals surface area contributed by atoms with E-state index in [9.17, 15) is 9.59 Å². The monoisotopic (exact) mass is 1190 g/mol. The van der Waals surface area contributed by atoms with Crippen LogP contribution in [0.2, 0.25) is 0 Å². The van der Waals surface area contributed by atoms with Gasteiger partial charge in [-0.15, -0.1) is 11.3 Å². The van der Waals surface area contributed by atoms with Gasteiger partial charge in [0.25, 0.3) is 0 Å². The van der Waals surface area contributed by atoms with Gasteiger partial charge in [-0.25, -0.2) is 26.4 Å². The van der Waals surface area contributed by atoms with Crippen LogP contribution in [0.1, 0.15) is 91.3 Å². The molecule has 3 aliphatic heterocycles. The lowest BCUT2D eigenvalue weighted by Gasteiger charge is -2.32. The molecule has 0 unspecified atom stereocenters. The van der Waals surface area contributed by atoms with E-state index in [1.165, 1.54) is 59.6 Å². The molecule has 0 bridgehead atoms. The summed E-state index contributed by atoms with van der Waals surface area (Å²) in [5.74, 6) is 1.15. The average molecular weight is 1200 g/mol. The molecule has 14 nitrogen and oxygen atoms in total. The van der Waals surface area contributed by atoms with E-state index in [1.807, 2.05) is 52.1 Å². The highest BCUT2D eigenvalue weighted by atomic mass is 35.5. The van der Waals surface area contributed by atoms with Gasteiger partial charge in [0.1, 0.15) is 19.9 Å². The van der Waals surface area contributed by atoms with Crippen LogP contribution in [0.5, 0.6) is 0 Å². The molecule has 0 radical (unpaired) electrons. The van der Waals surface area contributed by atoms with Crippen LogP contribution >= 0.6 is 34.9 Å². The highest BCUT2D eigenvalue weighted by Crippen LogP contribution is 2.50. The second kappa shape index (κ2) is 30.3. The van der Waals surface area contributed by atoms with Crippen molar-refractivity contribution in [1.29, 1.82) is 0 Å². The van der Waals surface area contributed by atoms with Gasteiger partial charge in [-0.3, -0.25) is 9.69 Å². The SMILES string of the molecule is C.CC(=O)N1c2ccc(N(C)C)cc2Sc2cc(N(C)C)ccc21.CC(C)c1ccc2c(c1)Sc1cc(C(C)C)ccc1C2.CN(C)c1ccc2nc3ccc(=[N+](C)C)cc-3sc2c1.CS(=O)(=O)[O-].CS(=O)(=O)[O-].[3H]CC(C)=O.[Cl-]. The molecule has 1 aliphatic carbocycles. The molecule has 4 aliphatic rings. The van der Waals surface area contributed by atoms with Crippen LogP contribution in [0, 0.1) is 0 Å². The van der Waals surface area contributed by atoms with E-state index in [1.54, 1.807) is 34.9 Å². The first-order valence-electron chi connectivity index (χ1n) is 25.1. The van der Waals surface area contributed by atoms with Crippen molar-refractivity contribution in [3.8, 4) is 10.6 Å². The van der Waals surface area contributed by atoms with Crippen molar-refractivity contribution in [2.24, 2.45) is 0 Å². The van der Waals surface area contributed by atoms with Crippen LogP contribution < -0.4 is 41.9 Å².